The fourth-order valence-corrected chi connectivity index (χ4v) is 2.46. The summed E-state index contributed by atoms with van der Waals surface area (Å²) < 4.78 is 2.00. The van der Waals surface area contributed by atoms with Gasteiger partial charge in [-0.25, -0.2) is 0 Å². The molecule has 0 aromatic carbocycles. The van der Waals surface area contributed by atoms with Crippen molar-refractivity contribution in [3.63, 3.8) is 0 Å². The molecule has 1 heterocycles. The van der Waals surface area contributed by atoms with Gasteiger partial charge in [0, 0.05) is 6.54 Å². The van der Waals surface area contributed by atoms with Crippen molar-refractivity contribution in [1.82, 2.24) is 14.8 Å². The molecule has 1 aromatic heterocycles. The average Bonchev–Trinajstić information content (AvgIpc) is 2.76. The largest absolute Gasteiger partial charge is 0.302 e. The topological polar surface area (TPSA) is 30.7 Å². The van der Waals surface area contributed by atoms with Gasteiger partial charge in [-0.3, -0.25) is 0 Å². The maximum absolute atomic E-state index is 5.92. The molecular formula is C10H16ClN3. The summed E-state index contributed by atoms with van der Waals surface area (Å²) >= 11 is 5.92. The Balaban J connectivity index is 1.90. The van der Waals surface area contributed by atoms with Crippen LogP contribution in [0.3, 0.4) is 0 Å². The van der Waals surface area contributed by atoms with Crippen LogP contribution in [0.15, 0.2) is 0 Å². The predicted octanol–water partition coefficient (Wildman–Crippen LogP) is 2.82. The van der Waals surface area contributed by atoms with Crippen molar-refractivity contribution < 1.29 is 0 Å². The highest BCUT2D eigenvalue weighted by Crippen LogP contribution is 2.28. The molecular weight excluding hydrogens is 198 g/mol. The van der Waals surface area contributed by atoms with E-state index < -0.39 is 0 Å². The summed E-state index contributed by atoms with van der Waals surface area (Å²) in [5, 5.41) is 8.31. The number of rotatable bonds is 3. The number of hydrogen-bond acceptors (Lipinski definition) is 2. The minimum atomic E-state index is 0.528. The van der Waals surface area contributed by atoms with Crippen molar-refractivity contribution in [3.05, 3.63) is 11.1 Å². The molecule has 3 nitrogen and oxygen atoms in total. The lowest BCUT2D eigenvalue weighted by atomic mass is 10.0. The van der Waals surface area contributed by atoms with Crippen LogP contribution in [0.1, 0.15) is 37.9 Å². The number of aryl methyl sites for hydroxylation is 1. The van der Waals surface area contributed by atoms with Crippen LogP contribution in [0.4, 0.5) is 0 Å². The molecule has 2 rings (SSSR count). The quantitative estimate of drug-likeness (QED) is 0.773. The van der Waals surface area contributed by atoms with Crippen LogP contribution in [0.5, 0.6) is 0 Å². The first kappa shape index (κ1) is 9.97. The monoisotopic (exact) mass is 213 g/mol. The van der Waals surface area contributed by atoms with Crippen molar-refractivity contribution >= 4 is 11.6 Å². The van der Waals surface area contributed by atoms with Gasteiger partial charge in [-0.05, 0) is 30.9 Å². The Morgan fingerprint density at radius 1 is 1.36 bits per heavy atom. The Labute approximate surface area is 89.5 Å². The van der Waals surface area contributed by atoms with Crippen molar-refractivity contribution in [2.45, 2.75) is 45.6 Å². The van der Waals surface area contributed by atoms with Gasteiger partial charge in [-0.2, -0.15) is 0 Å². The van der Waals surface area contributed by atoms with Crippen LogP contribution in [-0.4, -0.2) is 14.8 Å². The molecule has 0 radical (unpaired) electrons. The zero-order valence-corrected chi connectivity index (χ0v) is 9.30. The van der Waals surface area contributed by atoms with E-state index in [1.54, 1.807) is 0 Å². The molecule has 0 aliphatic heterocycles. The third-order valence-electron chi connectivity index (χ3n) is 3.13. The van der Waals surface area contributed by atoms with Crippen LogP contribution < -0.4 is 0 Å². The molecule has 1 aromatic rings. The van der Waals surface area contributed by atoms with Gasteiger partial charge in [0.2, 0.25) is 5.28 Å². The second-order valence-electron chi connectivity index (χ2n) is 4.11. The third kappa shape index (κ3) is 2.08. The molecule has 0 atom stereocenters. The van der Waals surface area contributed by atoms with E-state index in [4.69, 9.17) is 11.6 Å². The standard InChI is InChI=1S/C10H16ClN3/c1-8-12-13-10(11)14(8)7-6-9-4-2-3-5-9/h9H,2-7H2,1H3. The first-order valence-electron chi connectivity index (χ1n) is 5.32. The molecule has 0 spiro atoms. The lowest BCUT2D eigenvalue weighted by molar-refractivity contribution is 0.454. The average molecular weight is 214 g/mol. The lowest BCUT2D eigenvalue weighted by Gasteiger charge is -2.10. The number of hydrogen-bond donors (Lipinski definition) is 0. The number of halogens is 1. The SMILES string of the molecule is Cc1nnc(Cl)n1CCC1CCCC1. The summed E-state index contributed by atoms with van der Waals surface area (Å²) in [4.78, 5) is 0. The van der Waals surface area contributed by atoms with E-state index in [0.29, 0.717) is 5.28 Å². The Hall–Kier alpha value is -0.570. The van der Waals surface area contributed by atoms with E-state index in [9.17, 15) is 0 Å². The highest BCUT2D eigenvalue weighted by Gasteiger charge is 2.15. The summed E-state index contributed by atoms with van der Waals surface area (Å²) in [6.07, 6.45) is 6.80. The maximum Gasteiger partial charge on any atom is 0.225 e. The summed E-state index contributed by atoms with van der Waals surface area (Å²) in [5.41, 5.74) is 0. The van der Waals surface area contributed by atoms with Crippen LogP contribution in [0, 0.1) is 12.8 Å². The first-order chi connectivity index (χ1) is 6.77. The Morgan fingerprint density at radius 2 is 2.07 bits per heavy atom. The van der Waals surface area contributed by atoms with Gasteiger partial charge in [0.05, 0.1) is 0 Å². The molecule has 0 amide bonds. The normalized spacial score (nSPS) is 17.9. The smallest absolute Gasteiger partial charge is 0.225 e. The lowest BCUT2D eigenvalue weighted by Crippen LogP contribution is -2.05. The molecule has 0 saturated heterocycles. The highest BCUT2D eigenvalue weighted by molar-refractivity contribution is 6.28. The molecule has 0 N–H and O–H groups in total. The summed E-state index contributed by atoms with van der Waals surface area (Å²) in [7, 11) is 0. The van der Waals surface area contributed by atoms with E-state index >= 15 is 0 Å². The van der Waals surface area contributed by atoms with Gasteiger partial charge in [-0.1, -0.05) is 25.7 Å². The molecule has 0 bridgehead atoms. The first-order valence-corrected chi connectivity index (χ1v) is 5.70. The van der Waals surface area contributed by atoms with E-state index in [1.807, 2.05) is 11.5 Å². The van der Waals surface area contributed by atoms with Crippen molar-refractivity contribution in [3.8, 4) is 0 Å². The fourth-order valence-electron chi connectivity index (χ4n) is 2.22. The molecule has 1 aliphatic rings. The van der Waals surface area contributed by atoms with Gasteiger partial charge < -0.3 is 4.57 Å². The minimum absolute atomic E-state index is 0.528. The van der Waals surface area contributed by atoms with E-state index in [1.165, 1.54) is 32.1 Å². The fraction of sp³-hybridized carbons (Fsp3) is 0.800. The summed E-state index contributed by atoms with van der Waals surface area (Å²) in [6, 6.07) is 0. The van der Waals surface area contributed by atoms with Crippen molar-refractivity contribution in [2.75, 3.05) is 0 Å². The Kier molecular flexibility index (Phi) is 3.06. The molecule has 0 unspecified atom stereocenters. The molecule has 4 heteroatoms. The van der Waals surface area contributed by atoms with Crippen LogP contribution >= 0.6 is 11.6 Å². The van der Waals surface area contributed by atoms with Gasteiger partial charge in [-0.15, -0.1) is 10.2 Å². The summed E-state index contributed by atoms with van der Waals surface area (Å²) in [6.45, 7) is 2.93. The molecule has 1 fully saturated rings. The van der Waals surface area contributed by atoms with Gasteiger partial charge in [0.25, 0.3) is 0 Å². The van der Waals surface area contributed by atoms with Crippen molar-refractivity contribution in [2.24, 2.45) is 5.92 Å². The predicted molar refractivity (Wildman–Crippen MR) is 56.3 cm³/mol. The van der Waals surface area contributed by atoms with Gasteiger partial charge >= 0.3 is 0 Å². The second-order valence-corrected chi connectivity index (χ2v) is 4.45. The van der Waals surface area contributed by atoms with Crippen LogP contribution in [0.25, 0.3) is 0 Å². The zero-order chi connectivity index (χ0) is 9.97. The molecule has 1 aliphatic carbocycles. The minimum Gasteiger partial charge on any atom is -0.302 e. The molecule has 14 heavy (non-hydrogen) atoms. The Morgan fingerprint density at radius 3 is 2.64 bits per heavy atom. The third-order valence-corrected chi connectivity index (χ3v) is 3.41. The number of nitrogens with zero attached hydrogens (tertiary/aromatic N) is 3. The van der Waals surface area contributed by atoms with Crippen LogP contribution in [-0.2, 0) is 6.54 Å². The van der Waals surface area contributed by atoms with Crippen molar-refractivity contribution in [1.29, 1.82) is 0 Å². The maximum atomic E-state index is 5.92. The second kappa shape index (κ2) is 4.30. The van der Waals surface area contributed by atoms with Crippen LogP contribution in [0.2, 0.25) is 5.28 Å². The van der Waals surface area contributed by atoms with E-state index in [2.05, 4.69) is 10.2 Å². The molecule has 1 saturated carbocycles. The van der Waals surface area contributed by atoms with E-state index in [-0.39, 0.29) is 0 Å². The van der Waals surface area contributed by atoms with Gasteiger partial charge in [0.1, 0.15) is 5.82 Å². The Bertz CT molecular complexity index is 283. The molecule has 78 valence electrons. The zero-order valence-electron chi connectivity index (χ0n) is 8.54. The summed E-state index contributed by atoms with van der Waals surface area (Å²) in [5.74, 6) is 1.82. The van der Waals surface area contributed by atoms with Gasteiger partial charge in [0.15, 0.2) is 0 Å². The van der Waals surface area contributed by atoms with E-state index in [0.717, 1.165) is 18.3 Å². The highest BCUT2D eigenvalue weighted by atomic mass is 35.5. The number of aromatic nitrogens is 3.